The predicted octanol–water partition coefficient (Wildman–Crippen LogP) is 13.5. The summed E-state index contributed by atoms with van der Waals surface area (Å²) in [4.78, 5) is 12.2. The summed E-state index contributed by atoms with van der Waals surface area (Å²) in [6.07, 6.45) is 49.5. The molecule has 0 rings (SSSR count). The Morgan fingerprint density at radius 1 is 0.511 bits per heavy atom. The minimum absolute atomic E-state index is 0.168. The van der Waals surface area contributed by atoms with Crippen LogP contribution < -0.4 is 0 Å². The Hall–Kier alpha value is -1.13. The van der Waals surface area contributed by atoms with E-state index in [1.165, 1.54) is 173 Å². The van der Waals surface area contributed by atoms with Crippen LogP contribution in [0.25, 0.3) is 0 Å². The second-order valence-corrected chi connectivity index (χ2v) is 14.1. The molecule has 4 heteroatoms. The van der Waals surface area contributed by atoms with Crippen molar-refractivity contribution in [3.63, 3.8) is 0 Å². The minimum atomic E-state index is -0.528. The van der Waals surface area contributed by atoms with Crippen LogP contribution in [-0.2, 0) is 14.3 Å². The largest absolute Gasteiger partial charge is 0.457 e. The number of hydrogen-bond donors (Lipinski definition) is 1. The van der Waals surface area contributed by atoms with E-state index in [2.05, 4.69) is 38.2 Å². The number of carbonyl (C=O) groups excluding carboxylic acids is 1. The summed E-state index contributed by atoms with van der Waals surface area (Å²) in [5.41, 5.74) is 0. The van der Waals surface area contributed by atoms with Gasteiger partial charge < -0.3 is 14.6 Å². The zero-order valence-electron chi connectivity index (χ0n) is 31.8. The molecule has 0 aromatic rings. The molecule has 0 amide bonds. The van der Waals surface area contributed by atoms with Gasteiger partial charge in [0.15, 0.2) is 0 Å². The van der Waals surface area contributed by atoms with Crippen molar-refractivity contribution < 1.29 is 19.4 Å². The maximum atomic E-state index is 12.2. The molecular weight excluding hydrogens is 580 g/mol. The van der Waals surface area contributed by atoms with E-state index in [0.717, 1.165) is 25.7 Å². The van der Waals surface area contributed by atoms with Gasteiger partial charge in [-0.2, -0.15) is 0 Å². The molecule has 0 saturated carbocycles. The number of hydrogen-bond acceptors (Lipinski definition) is 4. The molecule has 1 unspecified atom stereocenters. The molecule has 0 aliphatic carbocycles. The highest BCUT2D eigenvalue weighted by Crippen LogP contribution is 2.15. The van der Waals surface area contributed by atoms with Crippen LogP contribution in [0, 0.1) is 0 Å². The maximum absolute atomic E-state index is 12.2. The van der Waals surface area contributed by atoms with Gasteiger partial charge >= 0.3 is 5.97 Å². The molecule has 0 radical (unpaired) electrons. The maximum Gasteiger partial charge on any atom is 0.306 e. The van der Waals surface area contributed by atoms with Gasteiger partial charge in [0, 0.05) is 13.0 Å². The van der Waals surface area contributed by atoms with E-state index in [9.17, 15) is 9.90 Å². The quantitative estimate of drug-likeness (QED) is 0.0404. The van der Waals surface area contributed by atoms with Gasteiger partial charge in [0.25, 0.3) is 0 Å². The summed E-state index contributed by atoms with van der Waals surface area (Å²) in [5, 5.41) is 9.56. The molecule has 4 nitrogen and oxygen atoms in total. The third kappa shape index (κ3) is 39.2. The number of unbranched alkanes of at least 4 members (excludes halogenated alkanes) is 27. The van der Waals surface area contributed by atoms with Crippen LogP contribution in [0.4, 0.5) is 0 Å². The summed E-state index contributed by atoms with van der Waals surface area (Å²) >= 11 is 0. The van der Waals surface area contributed by atoms with Crippen molar-refractivity contribution in [1.82, 2.24) is 0 Å². The van der Waals surface area contributed by atoms with E-state index < -0.39 is 6.10 Å². The van der Waals surface area contributed by atoms with Crippen LogP contribution in [-0.4, -0.2) is 37.0 Å². The van der Waals surface area contributed by atoms with Crippen molar-refractivity contribution in [3.05, 3.63) is 24.3 Å². The summed E-state index contributed by atoms with van der Waals surface area (Å²) in [6.45, 7) is 5.35. The molecule has 0 aromatic carbocycles. The Labute approximate surface area is 294 Å². The van der Waals surface area contributed by atoms with E-state index in [1.807, 2.05) is 0 Å². The van der Waals surface area contributed by atoms with E-state index in [0.29, 0.717) is 19.6 Å². The lowest BCUT2D eigenvalue weighted by Gasteiger charge is -2.16. The third-order valence-corrected chi connectivity index (χ3v) is 9.28. The molecule has 0 fully saturated rings. The molecule has 0 aliphatic heterocycles. The van der Waals surface area contributed by atoms with Crippen LogP contribution in [0.1, 0.15) is 219 Å². The van der Waals surface area contributed by atoms with Gasteiger partial charge in [0.2, 0.25) is 0 Å². The highest BCUT2D eigenvalue weighted by molar-refractivity contribution is 5.69. The van der Waals surface area contributed by atoms with Crippen molar-refractivity contribution in [3.8, 4) is 0 Å². The van der Waals surface area contributed by atoms with E-state index in [1.54, 1.807) is 0 Å². The number of allylic oxidation sites excluding steroid dienone is 4. The molecule has 0 aromatic heterocycles. The molecule has 0 heterocycles. The summed E-state index contributed by atoms with van der Waals surface area (Å²) in [7, 11) is 0. The number of ether oxygens (including phenoxy) is 2. The summed E-state index contributed by atoms with van der Waals surface area (Å²) < 4.78 is 11.1. The Morgan fingerprint density at radius 2 is 0.894 bits per heavy atom. The van der Waals surface area contributed by atoms with E-state index in [-0.39, 0.29) is 12.6 Å². The van der Waals surface area contributed by atoms with Gasteiger partial charge in [-0.3, -0.25) is 4.79 Å². The van der Waals surface area contributed by atoms with Crippen molar-refractivity contribution in [2.75, 3.05) is 19.8 Å². The Balaban J connectivity index is 3.38. The first-order chi connectivity index (χ1) is 23.2. The SMILES string of the molecule is CCCCCCC/C=C\C/C=C\CCCCCCCCCCCCCCCC(=O)OC(CO)COCCCCCCCCCCCC. The van der Waals surface area contributed by atoms with Crippen LogP contribution >= 0.6 is 0 Å². The fourth-order valence-electron chi connectivity index (χ4n) is 6.12. The van der Waals surface area contributed by atoms with Crippen LogP contribution in [0.3, 0.4) is 0 Å². The van der Waals surface area contributed by atoms with Crippen LogP contribution in [0.15, 0.2) is 24.3 Å². The molecule has 1 N–H and O–H groups in total. The number of carbonyl (C=O) groups is 1. The highest BCUT2D eigenvalue weighted by atomic mass is 16.6. The second-order valence-electron chi connectivity index (χ2n) is 14.1. The first-order valence-corrected chi connectivity index (χ1v) is 20.9. The normalized spacial score (nSPS) is 12.5. The number of aliphatic hydroxyl groups excluding tert-OH is 1. The third-order valence-electron chi connectivity index (χ3n) is 9.28. The molecular formula is C43H82O4. The fraction of sp³-hybridized carbons (Fsp3) is 0.884. The van der Waals surface area contributed by atoms with Gasteiger partial charge in [-0.1, -0.05) is 192 Å². The highest BCUT2D eigenvalue weighted by Gasteiger charge is 2.13. The molecule has 47 heavy (non-hydrogen) atoms. The first-order valence-electron chi connectivity index (χ1n) is 20.9. The molecule has 0 aliphatic rings. The standard InChI is InChI=1S/C43H82O4/c1-3-5-7-9-11-13-15-16-17-18-19-20-21-22-23-24-25-26-27-28-29-30-32-34-36-38-43(45)47-42(40-44)41-46-39-37-35-33-31-14-12-10-8-6-4-2/h15-16,18-19,42,44H,3-14,17,20-41H2,1-2H3/b16-15-,19-18-. The van der Waals surface area contributed by atoms with Crippen molar-refractivity contribution in [2.45, 2.75) is 225 Å². The lowest BCUT2D eigenvalue weighted by molar-refractivity contribution is -0.154. The fourth-order valence-corrected chi connectivity index (χ4v) is 6.12. The van der Waals surface area contributed by atoms with E-state index >= 15 is 0 Å². The van der Waals surface area contributed by atoms with Gasteiger partial charge in [-0.05, 0) is 44.9 Å². The molecule has 0 bridgehead atoms. The van der Waals surface area contributed by atoms with Crippen molar-refractivity contribution in [2.24, 2.45) is 0 Å². The molecule has 278 valence electrons. The lowest BCUT2D eigenvalue weighted by Crippen LogP contribution is -2.27. The Kier molecular flexibility index (Phi) is 40.1. The zero-order valence-corrected chi connectivity index (χ0v) is 31.8. The predicted molar refractivity (Wildman–Crippen MR) is 205 cm³/mol. The summed E-state index contributed by atoms with van der Waals surface area (Å²) in [6, 6.07) is 0. The number of esters is 1. The first kappa shape index (κ1) is 45.9. The number of rotatable bonds is 39. The van der Waals surface area contributed by atoms with Crippen molar-refractivity contribution in [1.29, 1.82) is 0 Å². The lowest BCUT2D eigenvalue weighted by atomic mass is 10.0. The molecule has 0 saturated heterocycles. The minimum Gasteiger partial charge on any atom is -0.457 e. The van der Waals surface area contributed by atoms with Gasteiger partial charge in [0.05, 0.1) is 13.2 Å². The molecule has 0 spiro atoms. The average molecular weight is 663 g/mol. The Morgan fingerprint density at radius 3 is 1.32 bits per heavy atom. The van der Waals surface area contributed by atoms with Gasteiger partial charge in [-0.25, -0.2) is 0 Å². The topological polar surface area (TPSA) is 55.8 Å². The van der Waals surface area contributed by atoms with Gasteiger partial charge in [-0.15, -0.1) is 0 Å². The smallest absolute Gasteiger partial charge is 0.306 e. The van der Waals surface area contributed by atoms with Gasteiger partial charge in [0.1, 0.15) is 6.10 Å². The average Bonchev–Trinajstić information content (AvgIpc) is 3.08. The van der Waals surface area contributed by atoms with Crippen LogP contribution in [0.5, 0.6) is 0 Å². The second kappa shape index (κ2) is 41.0. The monoisotopic (exact) mass is 663 g/mol. The van der Waals surface area contributed by atoms with Crippen molar-refractivity contribution >= 4 is 5.97 Å². The van der Waals surface area contributed by atoms with Crippen LogP contribution in [0.2, 0.25) is 0 Å². The summed E-state index contributed by atoms with van der Waals surface area (Å²) in [5.74, 6) is -0.199. The molecule has 1 atom stereocenters. The Bertz CT molecular complexity index is 658. The number of aliphatic hydroxyl groups is 1. The van der Waals surface area contributed by atoms with E-state index in [4.69, 9.17) is 9.47 Å². The zero-order chi connectivity index (χ0) is 34.1.